The summed E-state index contributed by atoms with van der Waals surface area (Å²) in [5.74, 6) is 3.14. The van der Waals surface area contributed by atoms with Crippen molar-refractivity contribution < 1.29 is 33.2 Å². The lowest BCUT2D eigenvalue weighted by Crippen LogP contribution is -2.46. The molecule has 0 radical (unpaired) electrons. The van der Waals surface area contributed by atoms with Gasteiger partial charge in [0, 0.05) is 242 Å². The second-order valence-electron chi connectivity index (χ2n) is 39.0. The molecular weight excluding hydrogens is 1910 g/mol. The van der Waals surface area contributed by atoms with Crippen LogP contribution in [0, 0.1) is 5.82 Å². The fraction of sp³-hybridized carbons (Fsp3) is 0.330. The number of H-pyrrole nitrogens is 3. The van der Waals surface area contributed by atoms with E-state index in [0.29, 0.717) is 150 Å². The maximum absolute atomic E-state index is 15.1. The van der Waals surface area contributed by atoms with Gasteiger partial charge in [-0.05, 0) is 246 Å². The Balaban J connectivity index is 0.000000129. The predicted octanol–water partition coefficient (Wildman–Crippen LogP) is 17.4. The Hall–Kier alpha value is -14.5. The lowest BCUT2D eigenvalue weighted by molar-refractivity contribution is -0.133. The number of likely N-dealkylation sites (tertiary alicyclic amines) is 4. The highest BCUT2D eigenvalue weighted by molar-refractivity contribution is 8.01. The Morgan fingerprint density at radius 1 is 0.388 bits per heavy atom. The first-order chi connectivity index (χ1) is 71.8. The Labute approximate surface area is 863 Å². The number of halogens is 1. The standard InChI is InChI=1S/C38H37FN8O2S.C37H37N9O2S.C37H40N8O2S/c1-50-38(37(49)43-28-6-8-32-30(21-28)35(45-44-32)26-9-15-40-33(20-26)25-3-4-25)12-18-46(23-38)22-34(48)47-16-10-24(11-17-47)29-7-5-27(19-31(29)39)36-41-13-2-14-42-36;1-49-37(36(48)42-28-6-8-31-29(20-28)34(44-43-31)26-9-15-38-32(19-26)24-3-4-24)12-18-45(23-37)22-33(47)46-16-10-25(11-17-46)30-7-5-27(21-41-30)35-39-13-2-14-40-35;1-3-29-21-28(11-17-38-29)34-31-22-30(9-10-32(31)42-43-34)41-36(47)37(48-2)14-20-44(24-37)23-33(46)45-18-12-26(13-19-45)25-5-7-27(8-6-25)35-39-15-4-16-40-35/h2,5-10,13-15,19-21,25H,3-4,11-12,16-18,22-23H2,1H3,(H,43,49)(H,44,45);2,5-10,13-15,19-21,24H,3-4,11-12,16-18,22-23H2,1H3,(H,42,48)(H,43,44);4-11,15-17,21-22,26H,3,12-14,18-20,23-24H2,1-2H3,(H,41,47)(H,42,43)/t38-;2*37-/m000/s1. The molecule has 31 nitrogen and oxygen atoms in total. The van der Waals surface area contributed by atoms with Gasteiger partial charge in [0.05, 0.1) is 41.9 Å². The number of rotatable bonds is 27. The number of nitrogens with zero attached hydrogens (tertiary/aromatic N) is 19. The molecule has 147 heavy (non-hydrogen) atoms. The minimum Gasteiger partial charge on any atom is -0.342 e. The Kier molecular flexibility index (Phi) is 29.3. The first kappa shape index (κ1) is 98.5. The van der Waals surface area contributed by atoms with Crippen LogP contribution >= 0.6 is 35.3 Å². The maximum atomic E-state index is 15.1. The molecule has 15 aromatic rings. The molecule has 3 atom stereocenters. The number of carbonyl (C=O) groups is 6. The van der Waals surface area contributed by atoms with Crippen LogP contribution in [0.5, 0.6) is 0 Å². The molecule has 16 heterocycles. The van der Waals surface area contributed by atoms with Crippen molar-refractivity contribution in [2.75, 3.05) is 133 Å². The summed E-state index contributed by atoms with van der Waals surface area (Å²) in [4.78, 5) is 137. The molecule has 2 saturated carbocycles. The number of hydrogen-bond donors (Lipinski definition) is 6. The van der Waals surface area contributed by atoms with Crippen LogP contribution in [0.15, 0.2) is 238 Å². The van der Waals surface area contributed by atoms with E-state index in [0.717, 1.165) is 168 Å². The summed E-state index contributed by atoms with van der Waals surface area (Å²) in [7, 11) is 0. The summed E-state index contributed by atoms with van der Waals surface area (Å²) in [5, 5.41) is 35.5. The van der Waals surface area contributed by atoms with E-state index in [4.69, 9.17) is 0 Å². The van der Waals surface area contributed by atoms with Crippen LogP contribution in [-0.4, -0.2) is 276 Å². The third-order valence-corrected chi connectivity index (χ3v) is 33.6. The van der Waals surface area contributed by atoms with Crippen molar-refractivity contribution >= 4 is 132 Å². The molecule has 6 amide bonds. The third kappa shape index (κ3) is 22.0. The maximum Gasteiger partial charge on any atom is 0.241 e. The predicted molar refractivity (Wildman–Crippen MR) is 576 cm³/mol. The lowest BCUT2D eigenvalue weighted by atomic mass is 9.89. The molecule has 23 rings (SSSR count). The zero-order valence-electron chi connectivity index (χ0n) is 82.4. The van der Waals surface area contributed by atoms with Gasteiger partial charge in [0.25, 0.3) is 0 Å². The molecule has 2 aliphatic carbocycles. The van der Waals surface area contributed by atoms with Gasteiger partial charge in [-0.15, -0.1) is 35.3 Å². The second-order valence-corrected chi connectivity index (χ2v) is 42.5. The van der Waals surface area contributed by atoms with E-state index in [-0.39, 0.29) is 47.8 Å². The van der Waals surface area contributed by atoms with Crippen molar-refractivity contribution in [1.82, 2.24) is 110 Å². The van der Waals surface area contributed by atoms with Crippen LogP contribution in [0.1, 0.15) is 129 Å². The van der Waals surface area contributed by atoms with Crippen LogP contribution in [-0.2, 0) is 35.2 Å². The number of amides is 6. The number of aryl methyl sites for hydroxylation is 1. The van der Waals surface area contributed by atoms with Crippen molar-refractivity contribution in [2.45, 2.75) is 116 Å². The molecule has 748 valence electrons. The van der Waals surface area contributed by atoms with Crippen LogP contribution in [0.4, 0.5) is 21.5 Å². The van der Waals surface area contributed by atoms with Gasteiger partial charge in [-0.25, -0.2) is 34.3 Å². The SMILES string of the molecule is CCc1cc(-c2n[nH]c3ccc(NC(=O)[C@]4(SC)CCN(CC(=O)N5CCC(c6ccc(-c7ncccn7)cc6)CC5)C4)cc23)ccn1.CS[C@@]1(C(=O)Nc2ccc3[nH]nc(-c4ccnc(C5CC5)c4)c3c2)CCN(CC(=O)N2CC=C(c3ccc(-c4ncccn4)cc3F)CC2)C1.CS[C@@]1(C(=O)Nc2ccc3[nH]nc(-c4ccnc(C5CC5)c4)c3c2)CCN(CC(=O)N2CC=C(c3ccc(-c4ncccn4)cn3)CC2)C1. The van der Waals surface area contributed by atoms with Gasteiger partial charge in [0.15, 0.2) is 17.5 Å². The number of aromatic nitrogens is 16. The van der Waals surface area contributed by atoms with Crippen molar-refractivity contribution in [3.05, 3.63) is 278 Å². The number of aromatic amines is 3. The van der Waals surface area contributed by atoms with Gasteiger partial charge in [-0.1, -0.05) is 55.5 Å². The van der Waals surface area contributed by atoms with Crippen LogP contribution < -0.4 is 16.0 Å². The monoisotopic (exact) mass is 2020 g/mol. The molecule has 4 saturated heterocycles. The van der Waals surface area contributed by atoms with Crippen molar-refractivity contribution in [1.29, 1.82) is 0 Å². The number of anilines is 3. The van der Waals surface area contributed by atoms with Gasteiger partial charge in [0.2, 0.25) is 35.4 Å². The van der Waals surface area contributed by atoms with Gasteiger partial charge in [-0.2, -0.15) is 15.3 Å². The molecule has 0 spiro atoms. The average molecular weight is 2020 g/mol. The number of pyridine rings is 4. The van der Waals surface area contributed by atoms with E-state index < -0.39 is 14.2 Å². The average Bonchev–Trinajstić information content (AvgIpc) is 1.63. The number of nitrogens with one attached hydrogen (secondary N) is 6. The largest absolute Gasteiger partial charge is 0.342 e. The molecule has 0 unspecified atom stereocenters. The fourth-order valence-electron chi connectivity index (χ4n) is 20.7. The number of hydrogen-bond acceptors (Lipinski definition) is 25. The van der Waals surface area contributed by atoms with Gasteiger partial charge >= 0.3 is 0 Å². The third-order valence-electron chi connectivity index (χ3n) is 29.7. The lowest BCUT2D eigenvalue weighted by Gasteiger charge is -2.33. The number of piperidine rings is 1. The molecule has 35 heteroatoms. The molecule has 6 aliphatic heterocycles. The van der Waals surface area contributed by atoms with Gasteiger partial charge < -0.3 is 30.7 Å². The van der Waals surface area contributed by atoms with E-state index in [9.17, 15) is 28.8 Å². The normalized spacial score (nSPS) is 19.3. The Bertz CT molecular complexity index is 7450. The number of carbonyl (C=O) groups excluding carboxylic acids is 6. The summed E-state index contributed by atoms with van der Waals surface area (Å²) >= 11 is 4.66. The van der Waals surface area contributed by atoms with E-state index in [2.05, 4.69) is 167 Å². The fourth-order valence-corrected chi connectivity index (χ4v) is 23.2. The molecule has 0 bridgehead atoms. The first-order valence-electron chi connectivity index (χ1n) is 50.3. The van der Waals surface area contributed by atoms with E-state index in [1.165, 1.54) is 49.1 Å². The minimum atomic E-state index is -0.678. The van der Waals surface area contributed by atoms with Crippen LogP contribution in [0.2, 0.25) is 0 Å². The summed E-state index contributed by atoms with van der Waals surface area (Å²) in [6.07, 6.45) is 38.2. The number of fused-ring (bicyclic) bond motifs is 3. The molecule has 6 N–H and O–H groups in total. The summed E-state index contributed by atoms with van der Waals surface area (Å²) in [5.41, 5.74) is 20.9. The summed E-state index contributed by atoms with van der Waals surface area (Å²) in [6.45, 7) is 10.1. The topological polar surface area (TPSA) is 373 Å². The highest BCUT2D eigenvalue weighted by Crippen LogP contribution is 2.46. The number of benzene rings is 5. The van der Waals surface area contributed by atoms with Gasteiger partial charge in [-0.3, -0.25) is 78.7 Å². The molecule has 6 fully saturated rings. The van der Waals surface area contributed by atoms with E-state index in [1.54, 1.807) is 90.0 Å². The van der Waals surface area contributed by atoms with Crippen molar-refractivity contribution in [3.8, 4) is 67.9 Å². The smallest absolute Gasteiger partial charge is 0.241 e. The minimum absolute atomic E-state index is 0.00792. The van der Waals surface area contributed by atoms with Gasteiger partial charge in [0.1, 0.15) is 37.1 Å². The summed E-state index contributed by atoms with van der Waals surface area (Å²) < 4.78 is 13.2. The Morgan fingerprint density at radius 2 is 0.796 bits per heavy atom. The highest BCUT2D eigenvalue weighted by atomic mass is 32.2. The zero-order valence-corrected chi connectivity index (χ0v) is 84.8. The second kappa shape index (κ2) is 43.7. The zero-order chi connectivity index (χ0) is 101. The van der Waals surface area contributed by atoms with Crippen molar-refractivity contribution in [3.63, 3.8) is 0 Å². The van der Waals surface area contributed by atoms with E-state index in [1.807, 2.05) is 150 Å². The quantitative estimate of drug-likeness (QED) is 0.0278. The molecule has 8 aliphatic rings. The first-order valence-corrected chi connectivity index (χ1v) is 54.0. The summed E-state index contributed by atoms with van der Waals surface area (Å²) in [6, 6.07) is 52.6. The molecule has 10 aromatic heterocycles. The molecule has 5 aromatic carbocycles. The number of thioether (sulfide) groups is 3. The van der Waals surface area contributed by atoms with E-state index >= 15 is 4.39 Å². The molecular formula is C112H114FN25O6S3. The van der Waals surface area contributed by atoms with Crippen LogP contribution in [0.3, 0.4) is 0 Å². The highest BCUT2D eigenvalue weighted by Gasteiger charge is 2.48. The van der Waals surface area contributed by atoms with Crippen molar-refractivity contribution in [2.24, 2.45) is 0 Å². The van der Waals surface area contributed by atoms with Crippen LogP contribution in [0.25, 0.3) is 112 Å². The Morgan fingerprint density at radius 3 is 1.20 bits per heavy atom.